The van der Waals surface area contributed by atoms with Gasteiger partial charge in [0.15, 0.2) is 11.5 Å². The molecule has 0 bridgehead atoms. The lowest BCUT2D eigenvalue weighted by molar-refractivity contribution is 0.150. The zero-order valence-corrected chi connectivity index (χ0v) is 13.2. The summed E-state index contributed by atoms with van der Waals surface area (Å²) < 4.78 is 10.9. The molecule has 2 unspecified atom stereocenters. The van der Waals surface area contributed by atoms with Gasteiger partial charge >= 0.3 is 0 Å². The largest absolute Gasteiger partial charge is 0.454 e. The van der Waals surface area contributed by atoms with Crippen molar-refractivity contribution in [2.24, 2.45) is 5.73 Å². The van der Waals surface area contributed by atoms with E-state index >= 15 is 0 Å². The summed E-state index contributed by atoms with van der Waals surface area (Å²) >= 11 is 6.32. The number of hydrogen-bond acceptors (Lipinski definition) is 4. The Morgan fingerprint density at radius 1 is 1.33 bits per heavy atom. The van der Waals surface area contributed by atoms with E-state index in [9.17, 15) is 0 Å². The average molecular weight is 311 g/mol. The minimum Gasteiger partial charge on any atom is -0.454 e. The fourth-order valence-corrected chi connectivity index (χ4v) is 3.68. The van der Waals surface area contributed by atoms with E-state index in [1.807, 2.05) is 12.1 Å². The number of rotatable bonds is 3. The van der Waals surface area contributed by atoms with Crippen molar-refractivity contribution in [2.75, 3.05) is 19.9 Å². The summed E-state index contributed by atoms with van der Waals surface area (Å²) in [5, 5.41) is 0.612. The predicted octanol–water partition coefficient (Wildman–Crippen LogP) is 3.33. The van der Waals surface area contributed by atoms with Crippen molar-refractivity contribution in [3.8, 4) is 11.5 Å². The molecule has 4 nitrogen and oxygen atoms in total. The summed E-state index contributed by atoms with van der Waals surface area (Å²) in [5.74, 6) is 1.39. The third kappa shape index (κ3) is 2.98. The molecule has 1 fully saturated rings. The highest BCUT2D eigenvalue weighted by molar-refractivity contribution is 6.32. The average Bonchev–Trinajstić information content (AvgIpc) is 2.85. The van der Waals surface area contributed by atoms with Crippen LogP contribution in [0.3, 0.4) is 0 Å². The van der Waals surface area contributed by atoms with Gasteiger partial charge in [-0.2, -0.15) is 0 Å². The maximum Gasteiger partial charge on any atom is 0.231 e. The van der Waals surface area contributed by atoms with E-state index in [0.717, 1.165) is 17.9 Å². The van der Waals surface area contributed by atoms with Crippen molar-refractivity contribution in [3.63, 3.8) is 0 Å². The first-order chi connectivity index (χ1) is 10.2. The van der Waals surface area contributed by atoms with E-state index in [2.05, 4.69) is 11.8 Å². The van der Waals surface area contributed by atoms with Gasteiger partial charge in [0.05, 0.1) is 5.02 Å². The summed E-state index contributed by atoms with van der Waals surface area (Å²) in [4.78, 5) is 2.51. The highest BCUT2D eigenvalue weighted by Crippen LogP contribution is 2.42. The van der Waals surface area contributed by atoms with Gasteiger partial charge in [-0.05, 0) is 44.0 Å². The molecule has 1 aromatic rings. The second kappa shape index (κ2) is 6.42. The van der Waals surface area contributed by atoms with Crippen LogP contribution in [-0.4, -0.2) is 30.8 Å². The van der Waals surface area contributed by atoms with Crippen molar-refractivity contribution in [1.82, 2.24) is 4.90 Å². The fraction of sp³-hybridized carbons (Fsp3) is 0.625. The molecule has 0 radical (unpaired) electrons. The van der Waals surface area contributed by atoms with Gasteiger partial charge in [0.25, 0.3) is 0 Å². The van der Waals surface area contributed by atoms with Crippen LogP contribution in [0, 0.1) is 0 Å². The molecule has 5 heteroatoms. The van der Waals surface area contributed by atoms with Crippen molar-refractivity contribution in [3.05, 3.63) is 22.7 Å². The molecule has 2 aliphatic rings. The van der Waals surface area contributed by atoms with Crippen LogP contribution < -0.4 is 15.2 Å². The van der Waals surface area contributed by atoms with E-state index < -0.39 is 0 Å². The number of ether oxygens (including phenoxy) is 2. The highest BCUT2D eigenvalue weighted by Gasteiger charge is 2.28. The number of hydrogen-bond donors (Lipinski definition) is 1. The zero-order valence-electron chi connectivity index (χ0n) is 12.5. The van der Waals surface area contributed by atoms with Crippen LogP contribution in [0.4, 0.5) is 0 Å². The molecular weight excluding hydrogens is 288 g/mol. The first-order valence-electron chi connectivity index (χ1n) is 7.75. The van der Waals surface area contributed by atoms with Crippen LogP contribution in [0.15, 0.2) is 12.1 Å². The van der Waals surface area contributed by atoms with Crippen LogP contribution in [0.2, 0.25) is 5.02 Å². The standard InChI is InChI=1S/C16H23ClN2O2/c1-11-5-3-2-4-6-19(11)14(9-18)12-7-13(17)16-15(8-12)20-10-21-16/h7-8,11,14H,2-6,9-10,18H2,1H3. The summed E-state index contributed by atoms with van der Waals surface area (Å²) in [5.41, 5.74) is 7.21. The van der Waals surface area contributed by atoms with E-state index in [1.54, 1.807) is 0 Å². The Balaban J connectivity index is 1.90. The molecule has 2 aliphatic heterocycles. The quantitative estimate of drug-likeness (QED) is 0.930. The lowest BCUT2D eigenvalue weighted by Crippen LogP contribution is -2.39. The molecule has 2 heterocycles. The third-order valence-electron chi connectivity index (χ3n) is 4.56. The van der Waals surface area contributed by atoms with Crippen LogP contribution in [-0.2, 0) is 0 Å². The summed E-state index contributed by atoms with van der Waals surface area (Å²) in [6.45, 7) is 4.21. The molecule has 2 N–H and O–H groups in total. The Bertz CT molecular complexity index is 509. The van der Waals surface area contributed by atoms with Crippen molar-refractivity contribution in [1.29, 1.82) is 0 Å². The Morgan fingerprint density at radius 3 is 3.00 bits per heavy atom. The molecule has 0 amide bonds. The number of fused-ring (bicyclic) bond motifs is 1. The summed E-state index contributed by atoms with van der Waals surface area (Å²) in [7, 11) is 0. The van der Waals surface area contributed by atoms with Crippen molar-refractivity contribution >= 4 is 11.6 Å². The Kier molecular flexibility index (Phi) is 4.57. The second-order valence-electron chi connectivity index (χ2n) is 5.92. The smallest absolute Gasteiger partial charge is 0.231 e. The molecule has 116 valence electrons. The SMILES string of the molecule is CC1CCCCCN1C(CN)c1cc(Cl)c2c(c1)OCO2. The second-order valence-corrected chi connectivity index (χ2v) is 6.33. The van der Waals surface area contributed by atoms with Gasteiger partial charge in [0.2, 0.25) is 6.79 Å². The third-order valence-corrected chi connectivity index (χ3v) is 4.84. The van der Waals surface area contributed by atoms with Gasteiger partial charge in [0.1, 0.15) is 0 Å². The van der Waals surface area contributed by atoms with Gasteiger partial charge in [-0.25, -0.2) is 0 Å². The molecule has 1 aromatic carbocycles. The molecule has 1 saturated heterocycles. The zero-order chi connectivity index (χ0) is 14.8. The number of nitrogens with two attached hydrogens (primary N) is 1. The number of halogens is 1. The molecule has 3 rings (SSSR count). The Morgan fingerprint density at radius 2 is 2.19 bits per heavy atom. The topological polar surface area (TPSA) is 47.7 Å². The highest BCUT2D eigenvalue weighted by atomic mass is 35.5. The van der Waals surface area contributed by atoms with Crippen LogP contribution >= 0.6 is 11.6 Å². The Labute approximate surface area is 131 Å². The van der Waals surface area contributed by atoms with E-state index in [0.29, 0.717) is 23.4 Å². The van der Waals surface area contributed by atoms with Gasteiger partial charge < -0.3 is 15.2 Å². The lowest BCUT2D eigenvalue weighted by atomic mass is 10.0. The van der Waals surface area contributed by atoms with Crippen LogP contribution in [0.25, 0.3) is 0 Å². The van der Waals surface area contributed by atoms with E-state index in [4.69, 9.17) is 26.8 Å². The van der Waals surface area contributed by atoms with Crippen molar-refractivity contribution in [2.45, 2.75) is 44.7 Å². The van der Waals surface area contributed by atoms with E-state index in [1.165, 1.54) is 25.7 Å². The first kappa shape index (κ1) is 14.9. The molecule has 0 aromatic heterocycles. The van der Waals surface area contributed by atoms with Gasteiger partial charge in [-0.15, -0.1) is 0 Å². The Hall–Kier alpha value is -0.970. The van der Waals surface area contributed by atoms with Gasteiger partial charge in [-0.1, -0.05) is 24.4 Å². The predicted molar refractivity (Wildman–Crippen MR) is 84.0 cm³/mol. The maximum absolute atomic E-state index is 6.32. The lowest BCUT2D eigenvalue weighted by Gasteiger charge is -2.35. The molecule has 0 aliphatic carbocycles. The number of benzene rings is 1. The van der Waals surface area contributed by atoms with Gasteiger partial charge in [0, 0.05) is 18.6 Å². The van der Waals surface area contributed by atoms with Crippen LogP contribution in [0.5, 0.6) is 11.5 Å². The van der Waals surface area contributed by atoms with Gasteiger partial charge in [-0.3, -0.25) is 4.90 Å². The first-order valence-corrected chi connectivity index (χ1v) is 8.13. The summed E-state index contributed by atoms with van der Waals surface area (Å²) in [6, 6.07) is 4.74. The maximum atomic E-state index is 6.32. The minimum atomic E-state index is 0.185. The number of nitrogens with zero attached hydrogens (tertiary/aromatic N) is 1. The molecular formula is C16H23ClN2O2. The molecule has 0 saturated carbocycles. The number of likely N-dealkylation sites (tertiary alicyclic amines) is 1. The van der Waals surface area contributed by atoms with E-state index in [-0.39, 0.29) is 12.8 Å². The van der Waals surface area contributed by atoms with Crippen molar-refractivity contribution < 1.29 is 9.47 Å². The molecule has 2 atom stereocenters. The summed E-state index contributed by atoms with van der Waals surface area (Å²) in [6.07, 6.45) is 5.07. The molecule has 21 heavy (non-hydrogen) atoms. The fourth-order valence-electron chi connectivity index (χ4n) is 3.40. The minimum absolute atomic E-state index is 0.185. The van der Waals surface area contributed by atoms with Crippen LogP contribution in [0.1, 0.15) is 44.2 Å². The monoisotopic (exact) mass is 310 g/mol. The normalized spacial score (nSPS) is 23.9. The molecule has 0 spiro atoms.